The first kappa shape index (κ1) is 18.5. The average Bonchev–Trinajstić information content (AvgIpc) is 2.23. The highest BCUT2D eigenvalue weighted by atomic mass is 19.4. The number of alkyl halides is 3. The fourth-order valence-electron chi connectivity index (χ4n) is 0.451. The van der Waals surface area contributed by atoms with Crippen LogP contribution in [0.5, 0.6) is 0 Å². The molecule has 0 aromatic rings. The number of carboxylic acid groups (broad SMARTS) is 1. The fourth-order valence-corrected chi connectivity index (χ4v) is 0.451. The molecule has 0 aliphatic rings. The van der Waals surface area contributed by atoms with Crippen LogP contribution in [0.25, 0.3) is 0 Å². The average molecular weight is 264 g/mol. The lowest BCUT2D eigenvalue weighted by molar-refractivity contribution is -0.192. The molecule has 0 saturated carbocycles. The Labute approximate surface area is 95.6 Å². The second kappa shape index (κ2) is 11.6. The quantitative estimate of drug-likeness (QED) is 0.543. The van der Waals surface area contributed by atoms with E-state index in [0.717, 1.165) is 0 Å². The second-order valence-corrected chi connectivity index (χ2v) is 2.47. The Bertz CT molecular complexity index is 177. The summed E-state index contributed by atoms with van der Waals surface area (Å²) in [5.74, 6) is -2.76. The van der Waals surface area contributed by atoms with E-state index in [4.69, 9.17) is 29.6 Å². The first-order valence-corrected chi connectivity index (χ1v) is 4.53. The van der Waals surface area contributed by atoms with Gasteiger partial charge in [0, 0.05) is 0 Å². The van der Waals surface area contributed by atoms with Crippen molar-refractivity contribution in [3.05, 3.63) is 0 Å². The number of ether oxygens (including phenoxy) is 2. The van der Waals surface area contributed by atoms with Crippen LogP contribution in [0.3, 0.4) is 0 Å². The maximum atomic E-state index is 10.6. The molecule has 0 spiro atoms. The third-order valence-electron chi connectivity index (χ3n) is 1.09. The van der Waals surface area contributed by atoms with E-state index in [1.807, 2.05) is 0 Å². The molecule has 0 aromatic carbocycles. The normalized spacial score (nSPS) is 10.6. The second-order valence-electron chi connectivity index (χ2n) is 2.47. The first-order chi connectivity index (χ1) is 7.86. The number of aliphatic hydroxyl groups excluding tert-OH is 2. The molecule has 0 bridgehead atoms. The van der Waals surface area contributed by atoms with Gasteiger partial charge >= 0.3 is 12.1 Å². The molecule has 0 saturated heterocycles. The molecule has 0 aliphatic carbocycles. The van der Waals surface area contributed by atoms with E-state index in [1.54, 1.807) is 0 Å². The van der Waals surface area contributed by atoms with Crippen molar-refractivity contribution >= 4 is 5.97 Å². The van der Waals surface area contributed by atoms with Gasteiger partial charge in [-0.25, -0.2) is 4.79 Å². The number of aliphatic carboxylic acids is 1. The number of hydrogen-bond acceptors (Lipinski definition) is 5. The van der Waals surface area contributed by atoms with Gasteiger partial charge in [-0.3, -0.25) is 0 Å². The van der Waals surface area contributed by atoms with Crippen molar-refractivity contribution in [2.24, 2.45) is 0 Å². The summed E-state index contributed by atoms with van der Waals surface area (Å²) in [7, 11) is 0. The number of aliphatic hydroxyl groups is 2. The van der Waals surface area contributed by atoms with Crippen molar-refractivity contribution < 1.29 is 42.8 Å². The Morgan fingerprint density at radius 1 is 0.941 bits per heavy atom. The minimum Gasteiger partial charge on any atom is -0.475 e. The largest absolute Gasteiger partial charge is 0.490 e. The molecule has 0 fully saturated rings. The molecule has 17 heavy (non-hydrogen) atoms. The van der Waals surface area contributed by atoms with Gasteiger partial charge in [-0.05, 0) is 0 Å². The van der Waals surface area contributed by atoms with Gasteiger partial charge in [0.2, 0.25) is 0 Å². The van der Waals surface area contributed by atoms with Crippen LogP contribution in [0.15, 0.2) is 0 Å². The van der Waals surface area contributed by atoms with Crippen LogP contribution < -0.4 is 0 Å². The van der Waals surface area contributed by atoms with Crippen molar-refractivity contribution in [2.75, 3.05) is 39.6 Å². The number of rotatable bonds is 7. The lowest BCUT2D eigenvalue weighted by Crippen LogP contribution is -2.21. The van der Waals surface area contributed by atoms with Crippen LogP contribution in [0.2, 0.25) is 0 Å². The van der Waals surface area contributed by atoms with E-state index in [9.17, 15) is 13.2 Å². The van der Waals surface area contributed by atoms with Crippen LogP contribution in [0, 0.1) is 0 Å². The van der Waals surface area contributed by atoms with Gasteiger partial charge in [0.25, 0.3) is 0 Å². The lowest BCUT2D eigenvalue weighted by Gasteiger charge is -2.01. The monoisotopic (exact) mass is 264 g/mol. The molecule has 104 valence electrons. The topological polar surface area (TPSA) is 96.2 Å². The zero-order chi connectivity index (χ0) is 13.7. The summed E-state index contributed by atoms with van der Waals surface area (Å²) in [6, 6.07) is 0. The molecule has 0 rings (SSSR count). The van der Waals surface area contributed by atoms with Crippen LogP contribution in [-0.4, -0.2) is 67.1 Å². The van der Waals surface area contributed by atoms with Gasteiger partial charge < -0.3 is 24.8 Å². The molecule has 0 heterocycles. The summed E-state index contributed by atoms with van der Waals surface area (Å²) >= 11 is 0. The molecular formula is C8H15F3O6. The Morgan fingerprint density at radius 2 is 1.24 bits per heavy atom. The third kappa shape index (κ3) is 17.7. The minimum atomic E-state index is -5.08. The van der Waals surface area contributed by atoms with E-state index in [-0.39, 0.29) is 13.2 Å². The highest BCUT2D eigenvalue weighted by Gasteiger charge is 2.38. The Hall–Kier alpha value is -0.900. The minimum absolute atomic E-state index is 0.0417. The zero-order valence-corrected chi connectivity index (χ0v) is 8.94. The van der Waals surface area contributed by atoms with Crippen molar-refractivity contribution in [1.29, 1.82) is 0 Å². The highest BCUT2D eigenvalue weighted by Crippen LogP contribution is 2.13. The van der Waals surface area contributed by atoms with Gasteiger partial charge in [0.05, 0.1) is 39.6 Å². The van der Waals surface area contributed by atoms with Crippen molar-refractivity contribution in [3.63, 3.8) is 0 Å². The van der Waals surface area contributed by atoms with Gasteiger partial charge in [0.15, 0.2) is 0 Å². The number of carbonyl (C=O) groups is 1. The predicted molar refractivity (Wildman–Crippen MR) is 49.5 cm³/mol. The molecule has 0 aliphatic heterocycles. The number of halogens is 3. The van der Waals surface area contributed by atoms with Crippen LogP contribution >= 0.6 is 0 Å². The van der Waals surface area contributed by atoms with Crippen molar-refractivity contribution in [1.82, 2.24) is 0 Å². The summed E-state index contributed by atoms with van der Waals surface area (Å²) in [4.78, 5) is 8.90. The van der Waals surface area contributed by atoms with E-state index in [0.29, 0.717) is 26.4 Å². The first-order valence-electron chi connectivity index (χ1n) is 4.53. The molecule has 3 N–H and O–H groups in total. The fraction of sp³-hybridized carbons (Fsp3) is 0.875. The Morgan fingerprint density at radius 3 is 1.41 bits per heavy atom. The molecular weight excluding hydrogens is 249 g/mol. The van der Waals surface area contributed by atoms with E-state index in [2.05, 4.69) is 0 Å². The predicted octanol–water partition coefficient (Wildman–Crippen LogP) is -0.362. The van der Waals surface area contributed by atoms with E-state index >= 15 is 0 Å². The Balaban J connectivity index is 0. The van der Waals surface area contributed by atoms with Crippen molar-refractivity contribution in [3.8, 4) is 0 Å². The summed E-state index contributed by atoms with van der Waals surface area (Å²) in [6.07, 6.45) is -5.08. The molecule has 0 aromatic heterocycles. The lowest BCUT2D eigenvalue weighted by atomic mass is 10.7. The maximum absolute atomic E-state index is 10.6. The van der Waals surface area contributed by atoms with Gasteiger partial charge in [-0.1, -0.05) is 0 Å². The molecule has 9 heteroatoms. The van der Waals surface area contributed by atoms with Crippen LogP contribution in [0.1, 0.15) is 0 Å². The molecule has 0 amide bonds. The SMILES string of the molecule is O=C(O)C(F)(F)F.OCCOCCOCCO. The third-order valence-corrected chi connectivity index (χ3v) is 1.09. The van der Waals surface area contributed by atoms with E-state index in [1.165, 1.54) is 0 Å². The highest BCUT2D eigenvalue weighted by molar-refractivity contribution is 5.73. The molecule has 0 atom stereocenters. The molecule has 0 unspecified atom stereocenters. The smallest absolute Gasteiger partial charge is 0.475 e. The van der Waals surface area contributed by atoms with E-state index < -0.39 is 12.1 Å². The van der Waals surface area contributed by atoms with Gasteiger partial charge in [-0.2, -0.15) is 13.2 Å². The Kier molecular flexibility index (Phi) is 12.6. The molecule has 6 nitrogen and oxygen atoms in total. The maximum Gasteiger partial charge on any atom is 0.490 e. The molecule has 0 radical (unpaired) electrons. The van der Waals surface area contributed by atoms with Gasteiger partial charge in [-0.15, -0.1) is 0 Å². The van der Waals surface area contributed by atoms with Crippen molar-refractivity contribution in [2.45, 2.75) is 6.18 Å². The number of carboxylic acids is 1. The zero-order valence-electron chi connectivity index (χ0n) is 8.94. The number of hydrogen-bond donors (Lipinski definition) is 3. The summed E-state index contributed by atoms with van der Waals surface area (Å²) in [5, 5.41) is 23.7. The van der Waals surface area contributed by atoms with Crippen LogP contribution in [0.4, 0.5) is 13.2 Å². The summed E-state index contributed by atoms with van der Waals surface area (Å²) < 4.78 is 41.5. The van der Waals surface area contributed by atoms with Crippen LogP contribution in [-0.2, 0) is 14.3 Å². The summed E-state index contributed by atoms with van der Waals surface area (Å²) in [6.45, 7) is 1.73. The summed E-state index contributed by atoms with van der Waals surface area (Å²) in [5.41, 5.74) is 0. The van der Waals surface area contributed by atoms with Gasteiger partial charge in [0.1, 0.15) is 0 Å². The standard InChI is InChI=1S/C6H14O4.C2HF3O2/c7-1-3-9-5-6-10-4-2-8;3-2(4,5)1(6)7/h7-8H,1-6H2;(H,6,7).